The van der Waals surface area contributed by atoms with Crippen molar-refractivity contribution in [2.24, 2.45) is 0 Å². The molecule has 1 amide bonds. The molecule has 0 atom stereocenters. The molecule has 9 heteroatoms. The highest BCUT2D eigenvalue weighted by Gasteiger charge is 2.09. The maximum atomic E-state index is 12.0. The molecule has 2 rings (SSSR count). The molecule has 0 saturated heterocycles. The predicted molar refractivity (Wildman–Crippen MR) is 72.8 cm³/mol. The topological polar surface area (TPSA) is 110 Å². The number of pyridine rings is 1. The average Bonchev–Trinajstić information content (AvgIpc) is 2.81. The van der Waals surface area contributed by atoms with Gasteiger partial charge in [-0.05, 0) is 19.1 Å². The van der Waals surface area contributed by atoms with Gasteiger partial charge in [0.2, 0.25) is 0 Å². The lowest BCUT2D eigenvalue weighted by molar-refractivity contribution is -0.137. The minimum atomic E-state index is -1.02. The number of rotatable bonds is 5. The van der Waals surface area contributed by atoms with Gasteiger partial charge in [-0.25, -0.2) is 9.67 Å². The van der Waals surface area contributed by atoms with Gasteiger partial charge in [-0.15, -0.1) is 5.10 Å². The smallest absolute Gasteiger partial charge is 0.325 e. The second-order valence-electron chi connectivity index (χ2n) is 4.30. The summed E-state index contributed by atoms with van der Waals surface area (Å²) in [6, 6.07) is 3.08. The van der Waals surface area contributed by atoms with Crippen molar-refractivity contribution in [1.29, 1.82) is 0 Å². The van der Waals surface area contributed by atoms with Crippen molar-refractivity contribution in [2.45, 2.75) is 20.0 Å². The van der Waals surface area contributed by atoms with Crippen molar-refractivity contribution < 1.29 is 14.7 Å². The van der Waals surface area contributed by atoms with Gasteiger partial charge in [-0.1, -0.05) is 16.8 Å². The predicted octanol–water partition coefficient (Wildman–Crippen LogP) is 0.650. The molecule has 0 aromatic carbocycles. The zero-order valence-electron chi connectivity index (χ0n) is 11.1. The second kappa shape index (κ2) is 6.31. The Morgan fingerprint density at radius 2 is 2.19 bits per heavy atom. The largest absolute Gasteiger partial charge is 0.480 e. The molecule has 110 valence electrons. The SMILES string of the molecule is Cc1cc(C(=O)NCc2cn(CC(=O)O)nn2)cc(Cl)n1. The third-order valence-corrected chi connectivity index (χ3v) is 2.69. The molecular formula is C12H12ClN5O3. The number of aromatic nitrogens is 4. The molecule has 0 fully saturated rings. The van der Waals surface area contributed by atoms with Crippen LogP contribution in [-0.2, 0) is 17.9 Å². The Hall–Kier alpha value is -2.48. The molecule has 0 radical (unpaired) electrons. The molecular weight excluding hydrogens is 298 g/mol. The molecule has 8 nitrogen and oxygen atoms in total. The van der Waals surface area contributed by atoms with Crippen LogP contribution in [0.5, 0.6) is 0 Å². The number of aliphatic carboxylic acids is 1. The van der Waals surface area contributed by atoms with E-state index in [1.165, 1.54) is 16.9 Å². The van der Waals surface area contributed by atoms with E-state index in [0.717, 1.165) is 0 Å². The summed E-state index contributed by atoms with van der Waals surface area (Å²) in [5.41, 5.74) is 1.49. The summed E-state index contributed by atoms with van der Waals surface area (Å²) in [5.74, 6) is -1.34. The summed E-state index contributed by atoms with van der Waals surface area (Å²) in [5, 5.41) is 18.9. The van der Waals surface area contributed by atoms with E-state index in [-0.39, 0.29) is 24.1 Å². The summed E-state index contributed by atoms with van der Waals surface area (Å²) < 4.78 is 1.18. The highest BCUT2D eigenvalue weighted by Crippen LogP contribution is 2.10. The van der Waals surface area contributed by atoms with Gasteiger partial charge in [-0.2, -0.15) is 0 Å². The Labute approximate surface area is 124 Å². The van der Waals surface area contributed by atoms with Crippen molar-refractivity contribution in [3.8, 4) is 0 Å². The molecule has 0 aliphatic rings. The average molecular weight is 310 g/mol. The van der Waals surface area contributed by atoms with Crippen LogP contribution in [0.25, 0.3) is 0 Å². The molecule has 0 bridgehead atoms. The van der Waals surface area contributed by atoms with Crippen LogP contribution >= 0.6 is 11.6 Å². The first kappa shape index (κ1) is 14.9. The number of hydrogen-bond donors (Lipinski definition) is 2. The molecule has 2 heterocycles. The highest BCUT2D eigenvalue weighted by molar-refractivity contribution is 6.29. The van der Waals surface area contributed by atoms with E-state index >= 15 is 0 Å². The minimum Gasteiger partial charge on any atom is -0.480 e. The van der Waals surface area contributed by atoms with Crippen molar-refractivity contribution in [1.82, 2.24) is 25.3 Å². The third-order valence-electron chi connectivity index (χ3n) is 2.50. The lowest BCUT2D eigenvalue weighted by Crippen LogP contribution is -2.23. The maximum absolute atomic E-state index is 12.0. The van der Waals surface area contributed by atoms with E-state index in [2.05, 4.69) is 20.6 Å². The van der Waals surface area contributed by atoms with E-state index in [0.29, 0.717) is 17.0 Å². The summed E-state index contributed by atoms with van der Waals surface area (Å²) in [6.07, 6.45) is 1.46. The fraction of sp³-hybridized carbons (Fsp3) is 0.250. The summed E-state index contributed by atoms with van der Waals surface area (Å²) in [6.45, 7) is 1.59. The van der Waals surface area contributed by atoms with E-state index in [1.807, 2.05) is 0 Å². The lowest BCUT2D eigenvalue weighted by Gasteiger charge is -2.04. The van der Waals surface area contributed by atoms with Crippen molar-refractivity contribution in [3.05, 3.63) is 40.4 Å². The zero-order chi connectivity index (χ0) is 15.4. The number of nitrogens with one attached hydrogen (secondary N) is 1. The van der Waals surface area contributed by atoms with Crippen LogP contribution in [0.1, 0.15) is 21.7 Å². The molecule has 0 unspecified atom stereocenters. The van der Waals surface area contributed by atoms with Gasteiger partial charge in [0.05, 0.1) is 12.7 Å². The number of amides is 1. The van der Waals surface area contributed by atoms with Crippen molar-refractivity contribution >= 4 is 23.5 Å². The van der Waals surface area contributed by atoms with E-state index in [1.54, 1.807) is 13.0 Å². The van der Waals surface area contributed by atoms with Gasteiger partial charge < -0.3 is 10.4 Å². The standard InChI is InChI=1S/C12H12ClN5O3/c1-7-2-8(3-10(13)15-7)12(21)14-4-9-5-18(17-16-9)6-11(19)20/h2-3,5H,4,6H2,1H3,(H,14,21)(H,19,20). The van der Waals surface area contributed by atoms with Crippen LogP contribution < -0.4 is 5.32 Å². The van der Waals surface area contributed by atoms with Crippen LogP contribution in [0.3, 0.4) is 0 Å². The van der Waals surface area contributed by atoms with E-state index < -0.39 is 5.97 Å². The normalized spacial score (nSPS) is 10.4. The van der Waals surface area contributed by atoms with Crippen LogP contribution in [0.2, 0.25) is 5.15 Å². The van der Waals surface area contributed by atoms with Gasteiger partial charge in [0.25, 0.3) is 5.91 Å². The molecule has 0 aliphatic carbocycles. The number of hydrogen-bond acceptors (Lipinski definition) is 5. The quantitative estimate of drug-likeness (QED) is 0.785. The fourth-order valence-corrected chi connectivity index (χ4v) is 1.92. The Balaban J connectivity index is 1.97. The monoisotopic (exact) mass is 309 g/mol. The van der Waals surface area contributed by atoms with Gasteiger partial charge in [-0.3, -0.25) is 9.59 Å². The number of carboxylic acid groups (broad SMARTS) is 1. The molecule has 0 spiro atoms. The highest BCUT2D eigenvalue weighted by atomic mass is 35.5. The van der Waals surface area contributed by atoms with Gasteiger partial charge >= 0.3 is 5.97 Å². The van der Waals surface area contributed by atoms with Crippen LogP contribution in [0.15, 0.2) is 18.3 Å². The van der Waals surface area contributed by atoms with Gasteiger partial charge in [0.15, 0.2) is 0 Å². The molecule has 2 aromatic heterocycles. The Kier molecular flexibility index (Phi) is 4.49. The molecule has 2 aromatic rings. The van der Waals surface area contributed by atoms with Crippen LogP contribution in [0, 0.1) is 6.92 Å². The summed E-state index contributed by atoms with van der Waals surface area (Å²) >= 11 is 5.79. The van der Waals surface area contributed by atoms with Crippen LogP contribution in [0.4, 0.5) is 0 Å². The summed E-state index contributed by atoms with van der Waals surface area (Å²) in [4.78, 5) is 26.4. The summed E-state index contributed by atoms with van der Waals surface area (Å²) in [7, 11) is 0. The van der Waals surface area contributed by atoms with Crippen molar-refractivity contribution in [3.63, 3.8) is 0 Å². The maximum Gasteiger partial charge on any atom is 0.325 e. The van der Waals surface area contributed by atoms with Crippen molar-refractivity contribution in [2.75, 3.05) is 0 Å². The van der Waals surface area contributed by atoms with E-state index in [9.17, 15) is 9.59 Å². The number of carbonyl (C=O) groups excluding carboxylic acids is 1. The zero-order valence-corrected chi connectivity index (χ0v) is 11.8. The fourth-order valence-electron chi connectivity index (χ4n) is 1.67. The minimum absolute atomic E-state index is 0.136. The molecule has 2 N–H and O–H groups in total. The first-order chi connectivity index (χ1) is 9.94. The third kappa shape index (κ3) is 4.25. The Morgan fingerprint density at radius 3 is 2.86 bits per heavy atom. The lowest BCUT2D eigenvalue weighted by atomic mass is 10.2. The van der Waals surface area contributed by atoms with Gasteiger partial charge in [0.1, 0.15) is 17.4 Å². The van der Waals surface area contributed by atoms with E-state index in [4.69, 9.17) is 16.7 Å². The number of aryl methyl sites for hydroxylation is 1. The number of halogens is 1. The first-order valence-electron chi connectivity index (χ1n) is 5.97. The first-order valence-corrected chi connectivity index (χ1v) is 6.35. The molecule has 0 aliphatic heterocycles. The number of carboxylic acids is 1. The van der Waals surface area contributed by atoms with Crippen LogP contribution in [-0.4, -0.2) is 37.0 Å². The molecule has 0 saturated carbocycles. The molecule has 21 heavy (non-hydrogen) atoms. The number of carbonyl (C=O) groups is 2. The number of nitrogens with zero attached hydrogens (tertiary/aromatic N) is 4. The Morgan fingerprint density at radius 1 is 1.43 bits per heavy atom. The van der Waals surface area contributed by atoms with Gasteiger partial charge in [0, 0.05) is 11.3 Å². The second-order valence-corrected chi connectivity index (χ2v) is 4.69. The Bertz CT molecular complexity index is 665.